The van der Waals surface area contributed by atoms with Crippen LogP contribution in [0.1, 0.15) is 30.3 Å². The monoisotopic (exact) mass is 412 g/mol. The van der Waals surface area contributed by atoms with Crippen molar-refractivity contribution in [1.82, 2.24) is 9.88 Å². The molecule has 1 saturated heterocycles. The van der Waals surface area contributed by atoms with Crippen molar-refractivity contribution in [2.45, 2.75) is 25.8 Å². The predicted octanol–water partition coefficient (Wildman–Crippen LogP) is 5.55. The highest BCUT2D eigenvalue weighted by Crippen LogP contribution is 2.34. The number of ether oxygens (including phenoxy) is 1. The molecule has 0 bridgehead atoms. The standard InChI is InChI=1S/C26H24N2O3/c1-18-8-5-6-11-21(18)19-13-14-24-22(16-19)27-26(31-24)23-12-7-15-28(23)25(29)17-30-20-9-3-2-4-10-20/h2-6,8-11,13-14,16,23H,7,12,15,17H2,1H3/t23-/m0/s1. The molecule has 4 aromatic rings. The molecule has 1 amide bonds. The van der Waals surface area contributed by atoms with Crippen LogP contribution in [-0.4, -0.2) is 28.9 Å². The summed E-state index contributed by atoms with van der Waals surface area (Å²) in [5.41, 5.74) is 5.07. The summed E-state index contributed by atoms with van der Waals surface area (Å²) in [5, 5.41) is 0. The molecule has 0 aliphatic carbocycles. The van der Waals surface area contributed by atoms with Gasteiger partial charge >= 0.3 is 0 Å². The third-order valence-electron chi connectivity index (χ3n) is 5.82. The summed E-state index contributed by atoms with van der Waals surface area (Å²) < 4.78 is 11.7. The average Bonchev–Trinajstić information content (AvgIpc) is 3.45. The van der Waals surface area contributed by atoms with E-state index < -0.39 is 0 Å². The number of para-hydroxylation sites is 1. The molecule has 1 atom stereocenters. The Labute approximate surface area is 181 Å². The number of hydrogen-bond acceptors (Lipinski definition) is 4. The molecule has 2 heterocycles. The fraction of sp³-hybridized carbons (Fsp3) is 0.231. The van der Waals surface area contributed by atoms with Crippen LogP contribution in [0.5, 0.6) is 5.75 Å². The van der Waals surface area contributed by atoms with E-state index in [0.29, 0.717) is 18.2 Å². The van der Waals surface area contributed by atoms with E-state index in [1.54, 1.807) is 0 Å². The lowest BCUT2D eigenvalue weighted by molar-refractivity contribution is -0.134. The maximum atomic E-state index is 12.8. The number of carbonyl (C=O) groups excluding carboxylic acids is 1. The lowest BCUT2D eigenvalue weighted by Gasteiger charge is -2.22. The van der Waals surface area contributed by atoms with Gasteiger partial charge in [-0.1, -0.05) is 48.5 Å². The lowest BCUT2D eigenvalue weighted by atomic mass is 10.0. The van der Waals surface area contributed by atoms with Crippen molar-refractivity contribution in [3.63, 3.8) is 0 Å². The first kappa shape index (κ1) is 19.4. The van der Waals surface area contributed by atoms with Crippen LogP contribution in [0.25, 0.3) is 22.2 Å². The highest BCUT2D eigenvalue weighted by atomic mass is 16.5. The van der Waals surface area contributed by atoms with Gasteiger partial charge in [0.15, 0.2) is 12.2 Å². The van der Waals surface area contributed by atoms with Crippen molar-refractivity contribution in [3.05, 3.63) is 84.3 Å². The van der Waals surface area contributed by atoms with Crippen LogP contribution in [0, 0.1) is 6.92 Å². The van der Waals surface area contributed by atoms with E-state index in [-0.39, 0.29) is 18.6 Å². The summed E-state index contributed by atoms with van der Waals surface area (Å²) in [4.78, 5) is 19.4. The lowest BCUT2D eigenvalue weighted by Crippen LogP contribution is -2.34. The van der Waals surface area contributed by atoms with Gasteiger partial charge in [-0.3, -0.25) is 4.79 Å². The van der Waals surface area contributed by atoms with E-state index in [4.69, 9.17) is 14.1 Å². The Hall–Kier alpha value is -3.60. The Kier molecular flexibility index (Phi) is 5.16. The molecule has 1 aliphatic heterocycles. The van der Waals surface area contributed by atoms with E-state index in [0.717, 1.165) is 29.5 Å². The minimum atomic E-state index is -0.152. The van der Waals surface area contributed by atoms with Crippen LogP contribution >= 0.6 is 0 Å². The van der Waals surface area contributed by atoms with E-state index in [1.807, 2.05) is 53.4 Å². The molecule has 0 saturated carbocycles. The van der Waals surface area contributed by atoms with Gasteiger partial charge in [0.1, 0.15) is 17.3 Å². The molecule has 5 heteroatoms. The van der Waals surface area contributed by atoms with Crippen LogP contribution < -0.4 is 4.74 Å². The molecule has 1 fully saturated rings. The van der Waals surface area contributed by atoms with Gasteiger partial charge in [0, 0.05) is 6.54 Å². The van der Waals surface area contributed by atoms with Crippen molar-refractivity contribution in [1.29, 1.82) is 0 Å². The van der Waals surface area contributed by atoms with Gasteiger partial charge in [-0.05, 0) is 60.7 Å². The molecule has 0 unspecified atom stereocenters. The average molecular weight is 412 g/mol. The summed E-state index contributed by atoms with van der Waals surface area (Å²) in [6.07, 6.45) is 1.77. The Morgan fingerprint density at radius 3 is 2.74 bits per heavy atom. The zero-order chi connectivity index (χ0) is 21.2. The van der Waals surface area contributed by atoms with Crippen LogP contribution in [0.2, 0.25) is 0 Å². The molecule has 0 spiro atoms. The smallest absolute Gasteiger partial charge is 0.261 e. The summed E-state index contributed by atoms with van der Waals surface area (Å²) in [6, 6.07) is 23.6. The number of likely N-dealkylation sites (tertiary alicyclic amines) is 1. The molecule has 5 rings (SSSR count). The molecule has 3 aromatic carbocycles. The summed E-state index contributed by atoms with van der Waals surface area (Å²) in [6.45, 7) is 2.81. The molecule has 31 heavy (non-hydrogen) atoms. The van der Waals surface area contributed by atoms with Gasteiger partial charge in [-0.15, -0.1) is 0 Å². The quantitative estimate of drug-likeness (QED) is 0.431. The maximum absolute atomic E-state index is 12.8. The number of carbonyl (C=O) groups is 1. The second-order valence-electron chi connectivity index (χ2n) is 7.90. The van der Waals surface area contributed by atoms with Gasteiger partial charge in [0.25, 0.3) is 5.91 Å². The summed E-state index contributed by atoms with van der Waals surface area (Å²) in [5.74, 6) is 1.24. The third-order valence-corrected chi connectivity index (χ3v) is 5.82. The number of amides is 1. The highest BCUT2D eigenvalue weighted by molar-refractivity contribution is 5.82. The van der Waals surface area contributed by atoms with Crippen molar-refractivity contribution in [2.75, 3.05) is 13.2 Å². The van der Waals surface area contributed by atoms with Crippen LogP contribution in [0.15, 0.2) is 77.2 Å². The zero-order valence-corrected chi connectivity index (χ0v) is 17.5. The summed E-state index contributed by atoms with van der Waals surface area (Å²) >= 11 is 0. The fourth-order valence-corrected chi connectivity index (χ4v) is 4.22. The first-order valence-corrected chi connectivity index (χ1v) is 10.6. The number of hydrogen-bond donors (Lipinski definition) is 0. The molecule has 5 nitrogen and oxygen atoms in total. The number of aryl methyl sites for hydroxylation is 1. The molecular formula is C26H24N2O3. The number of aromatic nitrogens is 1. The molecule has 1 aliphatic rings. The Morgan fingerprint density at radius 1 is 1.10 bits per heavy atom. The van der Waals surface area contributed by atoms with Crippen molar-refractivity contribution < 1.29 is 13.9 Å². The predicted molar refractivity (Wildman–Crippen MR) is 120 cm³/mol. The number of oxazole rings is 1. The fourth-order valence-electron chi connectivity index (χ4n) is 4.22. The SMILES string of the molecule is Cc1ccccc1-c1ccc2oc([C@@H]3CCCN3C(=O)COc3ccccc3)nc2c1. The minimum absolute atomic E-state index is 0.0121. The highest BCUT2D eigenvalue weighted by Gasteiger charge is 2.33. The zero-order valence-electron chi connectivity index (χ0n) is 17.5. The van der Waals surface area contributed by atoms with Crippen LogP contribution in [-0.2, 0) is 4.79 Å². The number of rotatable bonds is 5. The van der Waals surface area contributed by atoms with E-state index >= 15 is 0 Å². The van der Waals surface area contributed by atoms with Crippen LogP contribution in [0.4, 0.5) is 0 Å². The molecule has 156 valence electrons. The Morgan fingerprint density at radius 2 is 1.90 bits per heavy atom. The van der Waals surface area contributed by atoms with E-state index in [9.17, 15) is 4.79 Å². The van der Waals surface area contributed by atoms with E-state index in [2.05, 4.69) is 31.2 Å². The molecule has 0 N–H and O–H groups in total. The minimum Gasteiger partial charge on any atom is -0.484 e. The van der Waals surface area contributed by atoms with Gasteiger partial charge in [0.05, 0.1) is 0 Å². The first-order valence-electron chi connectivity index (χ1n) is 10.6. The molecular weight excluding hydrogens is 388 g/mol. The number of benzene rings is 3. The van der Waals surface area contributed by atoms with Gasteiger partial charge in [0.2, 0.25) is 5.89 Å². The summed E-state index contributed by atoms with van der Waals surface area (Å²) in [7, 11) is 0. The van der Waals surface area contributed by atoms with Gasteiger partial charge < -0.3 is 14.1 Å². The second-order valence-corrected chi connectivity index (χ2v) is 7.90. The maximum Gasteiger partial charge on any atom is 0.261 e. The van der Waals surface area contributed by atoms with Gasteiger partial charge in [-0.2, -0.15) is 0 Å². The Bertz CT molecular complexity index is 1220. The largest absolute Gasteiger partial charge is 0.484 e. The first-order chi connectivity index (χ1) is 15.2. The number of nitrogens with zero attached hydrogens (tertiary/aromatic N) is 2. The topological polar surface area (TPSA) is 55.6 Å². The van der Waals surface area contributed by atoms with Crippen LogP contribution in [0.3, 0.4) is 0 Å². The molecule has 1 aromatic heterocycles. The second kappa shape index (κ2) is 8.26. The number of fused-ring (bicyclic) bond motifs is 1. The van der Waals surface area contributed by atoms with Crippen molar-refractivity contribution >= 4 is 17.0 Å². The normalized spacial score (nSPS) is 16.0. The van der Waals surface area contributed by atoms with Crippen molar-refractivity contribution in [2.24, 2.45) is 0 Å². The van der Waals surface area contributed by atoms with E-state index in [1.165, 1.54) is 11.1 Å². The molecule has 0 radical (unpaired) electrons. The van der Waals surface area contributed by atoms with Crippen molar-refractivity contribution in [3.8, 4) is 16.9 Å². The van der Waals surface area contributed by atoms with Gasteiger partial charge in [-0.25, -0.2) is 4.98 Å². The third kappa shape index (κ3) is 3.91. The Balaban J connectivity index is 1.36.